The summed E-state index contributed by atoms with van der Waals surface area (Å²) in [4.78, 5) is 22.3. The Morgan fingerprint density at radius 2 is 1.95 bits per heavy atom. The van der Waals surface area contributed by atoms with Crippen molar-refractivity contribution in [2.24, 2.45) is 5.92 Å². The average molecular weight is 530 g/mol. The lowest BCUT2D eigenvalue weighted by Gasteiger charge is -2.12. The van der Waals surface area contributed by atoms with Crippen molar-refractivity contribution < 1.29 is 22.7 Å². The lowest BCUT2D eigenvalue weighted by atomic mass is 10.1. The number of amides is 1. The fourth-order valence-electron chi connectivity index (χ4n) is 4.44. The molecule has 2 aliphatic rings. The zero-order valence-corrected chi connectivity index (χ0v) is 21.5. The summed E-state index contributed by atoms with van der Waals surface area (Å²) in [6.45, 7) is 1.25. The van der Waals surface area contributed by atoms with Crippen LogP contribution in [-0.2, 0) is 27.7 Å². The molecule has 3 heterocycles. The topological polar surface area (TPSA) is 107 Å². The third kappa shape index (κ3) is 5.25. The average Bonchev–Trinajstić information content (AvgIpc) is 3.78. The first-order chi connectivity index (χ1) is 18.5. The molecular weight excluding hydrogens is 502 g/mol. The minimum atomic E-state index is -3.50. The van der Waals surface area contributed by atoms with Gasteiger partial charge in [-0.2, -0.15) is 0 Å². The van der Waals surface area contributed by atoms with E-state index in [1.807, 2.05) is 42.5 Å². The predicted octanol–water partition coefficient (Wildman–Crippen LogP) is 4.32. The second-order valence-electron chi connectivity index (χ2n) is 9.69. The van der Waals surface area contributed by atoms with Gasteiger partial charge in [-0.3, -0.25) is 9.78 Å². The molecule has 0 atom stereocenters. The van der Waals surface area contributed by atoms with E-state index >= 15 is 0 Å². The fraction of sp³-hybridized carbons (Fsp3) is 0.276. The maximum absolute atomic E-state index is 12.9. The van der Waals surface area contributed by atoms with Crippen molar-refractivity contribution in [1.82, 2.24) is 15.3 Å². The molecule has 8 nitrogen and oxygen atoms in total. The number of ether oxygens (including phenoxy) is 2. The second kappa shape index (κ2) is 10.2. The number of fused-ring (bicyclic) bond motifs is 2. The van der Waals surface area contributed by atoms with E-state index in [2.05, 4.69) is 10.3 Å². The second-order valence-corrected chi connectivity index (χ2v) is 11.8. The van der Waals surface area contributed by atoms with Crippen molar-refractivity contribution in [1.29, 1.82) is 0 Å². The number of sulfone groups is 1. The summed E-state index contributed by atoms with van der Waals surface area (Å²) in [6, 6.07) is 18.4. The van der Waals surface area contributed by atoms with E-state index in [9.17, 15) is 13.2 Å². The van der Waals surface area contributed by atoms with E-state index < -0.39 is 9.84 Å². The van der Waals surface area contributed by atoms with Crippen molar-refractivity contribution in [3.05, 3.63) is 83.7 Å². The number of nitrogens with one attached hydrogen (secondary N) is 1. The van der Waals surface area contributed by atoms with Gasteiger partial charge in [0.1, 0.15) is 5.75 Å². The van der Waals surface area contributed by atoms with E-state index in [0.29, 0.717) is 17.2 Å². The Morgan fingerprint density at radius 1 is 1.08 bits per heavy atom. The molecule has 1 fully saturated rings. The molecule has 6 rings (SSSR count). The minimum Gasteiger partial charge on any atom is -0.493 e. The zero-order valence-electron chi connectivity index (χ0n) is 20.7. The van der Waals surface area contributed by atoms with Crippen LogP contribution < -0.4 is 10.1 Å². The first-order valence-electron chi connectivity index (χ1n) is 12.7. The smallest absolute Gasteiger partial charge is 0.251 e. The van der Waals surface area contributed by atoms with Crippen LogP contribution in [0.5, 0.6) is 5.75 Å². The van der Waals surface area contributed by atoms with Gasteiger partial charge in [0.15, 0.2) is 9.84 Å². The Hall–Kier alpha value is -3.82. The maximum atomic E-state index is 12.9. The molecule has 1 N–H and O–H groups in total. The Balaban J connectivity index is 1.20. The van der Waals surface area contributed by atoms with E-state index in [-0.39, 0.29) is 41.9 Å². The molecule has 1 amide bonds. The van der Waals surface area contributed by atoms with Crippen LogP contribution in [0.3, 0.4) is 0 Å². The highest BCUT2D eigenvalue weighted by Crippen LogP contribution is 2.33. The predicted molar refractivity (Wildman–Crippen MR) is 143 cm³/mol. The van der Waals surface area contributed by atoms with Gasteiger partial charge < -0.3 is 14.8 Å². The van der Waals surface area contributed by atoms with Gasteiger partial charge in [0, 0.05) is 22.7 Å². The summed E-state index contributed by atoms with van der Waals surface area (Å²) in [5.41, 5.74) is 3.99. The normalized spacial score (nSPS) is 16.4. The number of carbonyl (C=O) groups excluding carboxylic acids is 1. The van der Waals surface area contributed by atoms with E-state index in [0.717, 1.165) is 34.5 Å². The lowest BCUT2D eigenvalue weighted by molar-refractivity contribution is 0.0950. The molecule has 0 unspecified atom stereocenters. The van der Waals surface area contributed by atoms with E-state index in [4.69, 9.17) is 14.5 Å². The third-order valence-electron chi connectivity index (χ3n) is 6.81. The highest BCUT2D eigenvalue weighted by molar-refractivity contribution is 7.91. The van der Waals surface area contributed by atoms with Crippen LogP contribution in [0, 0.1) is 5.92 Å². The SMILES string of the molecule is O=C(NCc1cc2nc(-c3ccccc3OCC3CC3)ccc2cn1)c1ccc2c(c1)S(=O)(=O)CCOC2. The van der Waals surface area contributed by atoms with E-state index in [1.54, 1.807) is 18.3 Å². The summed E-state index contributed by atoms with van der Waals surface area (Å²) in [5.74, 6) is 0.999. The molecule has 0 saturated heterocycles. The van der Waals surface area contributed by atoms with Crippen LogP contribution in [0.4, 0.5) is 0 Å². The van der Waals surface area contributed by atoms with Crippen molar-refractivity contribution in [3.63, 3.8) is 0 Å². The highest BCUT2D eigenvalue weighted by Gasteiger charge is 2.24. The number of pyridine rings is 2. The summed E-state index contributed by atoms with van der Waals surface area (Å²) >= 11 is 0. The number of rotatable bonds is 7. The van der Waals surface area contributed by atoms with Crippen molar-refractivity contribution in [3.8, 4) is 17.0 Å². The van der Waals surface area contributed by atoms with Gasteiger partial charge in [-0.1, -0.05) is 18.2 Å². The summed E-state index contributed by atoms with van der Waals surface area (Å²) < 4.78 is 36.5. The Bertz CT molecular complexity index is 1630. The number of benzene rings is 2. The molecule has 2 aromatic carbocycles. The fourth-order valence-corrected chi connectivity index (χ4v) is 5.83. The molecule has 0 radical (unpaired) electrons. The van der Waals surface area contributed by atoms with Crippen molar-refractivity contribution >= 4 is 26.6 Å². The van der Waals surface area contributed by atoms with Gasteiger partial charge in [0.25, 0.3) is 5.91 Å². The number of hydrogen-bond donors (Lipinski definition) is 1. The summed E-state index contributed by atoms with van der Waals surface area (Å²) in [7, 11) is -3.50. The maximum Gasteiger partial charge on any atom is 0.251 e. The molecule has 194 valence electrons. The number of carbonyl (C=O) groups is 1. The van der Waals surface area contributed by atoms with Gasteiger partial charge in [-0.15, -0.1) is 0 Å². The number of para-hydroxylation sites is 1. The molecular formula is C29H27N3O5S. The number of hydrogen-bond acceptors (Lipinski definition) is 7. The van der Waals surface area contributed by atoms with Crippen LogP contribution in [0.15, 0.2) is 71.8 Å². The molecule has 0 bridgehead atoms. The van der Waals surface area contributed by atoms with Crippen molar-refractivity contribution in [2.45, 2.75) is 30.9 Å². The molecule has 2 aromatic heterocycles. The zero-order chi connectivity index (χ0) is 26.1. The van der Waals surface area contributed by atoms with Gasteiger partial charge >= 0.3 is 0 Å². The lowest BCUT2D eigenvalue weighted by Crippen LogP contribution is -2.23. The van der Waals surface area contributed by atoms with Gasteiger partial charge in [-0.25, -0.2) is 13.4 Å². The highest BCUT2D eigenvalue weighted by atomic mass is 32.2. The monoisotopic (exact) mass is 529 g/mol. The van der Waals surface area contributed by atoms with Crippen LogP contribution in [0.25, 0.3) is 22.2 Å². The molecule has 1 aliphatic carbocycles. The largest absolute Gasteiger partial charge is 0.493 e. The molecule has 4 aromatic rings. The Morgan fingerprint density at radius 3 is 2.82 bits per heavy atom. The standard InChI is InChI=1S/C29H27N3O5S/c33-29(20-7-8-22-18-36-11-12-38(34,35)28(22)13-20)31-16-23-14-26-21(15-30-23)9-10-25(32-26)24-3-1-2-4-27(24)37-17-19-5-6-19/h1-4,7-10,13-15,19H,5-6,11-12,16-18H2,(H,31,33). The first kappa shape index (κ1) is 24.5. The van der Waals surface area contributed by atoms with Crippen molar-refractivity contribution in [2.75, 3.05) is 19.0 Å². The minimum absolute atomic E-state index is 0.0990. The Labute approximate surface area is 221 Å². The quantitative estimate of drug-likeness (QED) is 0.380. The molecule has 0 spiro atoms. The van der Waals surface area contributed by atoms with Gasteiger partial charge in [0.2, 0.25) is 0 Å². The first-order valence-corrected chi connectivity index (χ1v) is 14.3. The summed E-state index contributed by atoms with van der Waals surface area (Å²) in [6.07, 6.45) is 4.19. The summed E-state index contributed by atoms with van der Waals surface area (Å²) in [5, 5.41) is 3.73. The van der Waals surface area contributed by atoms with Crippen LogP contribution in [0.2, 0.25) is 0 Å². The van der Waals surface area contributed by atoms with Crippen LogP contribution in [0.1, 0.15) is 34.5 Å². The van der Waals surface area contributed by atoms with Gasteiger partial charge in [-0.05, 0) is 66.8 Å². The van der Waals surface area contributed by atoms with E-state index in [1.165, 1.54) is 18.9 Å². The molecule has 38 heavy (non-hydrogen) atoms. The van der Waals surface area contributed by atoms with Crippen LogP contribution >= 0.6 is 0 Å². The van der Waals surface area contributed by atoms with Gasteiger partial charge in [0.05, 0.1) is 53.9 Å². The number of aromatic nitrogens is 2. The Kier molecular flexibility index (Phi) is 6.55. The third-order valence-corrected chi connectivity index (χ3v) is 8.57. The van der Waals surface area contributed by atoms with Crippen LogP contribution in [-0.4, -0.2) is 43.3 Å². The number of nitrogens with zero attached hydrogens (tertiary/aromatic N) is 2. The molecule has 9 heteroatoms. The molecule has 1 saturated carbocycles. The molecule has 1 aliphatic heterocycles.